The Balaban J connectivity index is 2.01. The third kappa shape index (κ3) is 6.93. The van der Waals surface area contributed by atoms with Crippen molar-refractivity contribution < 1.29 is 21.5 Å². The van der Waals surface area contributed by atoms with Crippen LogP contribution in [0.3, 0.4) is 0 Å². The van der Waals surface area contributed by atoms with Gasteiger partial charge in [-0.15, -0.1) is 0 Å². The molecule has 0 aliphatic carbocycles. The van der Waals surface area contributed by atoms with Crippen LogP contribution in [0.25, 0.3) is 0 Å². The lowest BCUT2D eigenvalue weighted by molar-refractivity contribution is -0.0613. The van der Waals surface area contributed by atoms with Crippen LogP contribution in [0.4, 0.5) is 11.4 Å². The van der Waals surface area contributed by atoms with Crippen molar-refractivity contribution in [2.24, 2.45) is 0 Å². The SMILES string of the molecule is CCOC(C)Oc1ccc(S(OS(=O)(=O)c2ccc(C)cc2)(c2cccc(N(C)C)c2)c2cccc(N(C)C)c2)cc1. The van der Waals surface area contributed by atoms with Crippen LogP contribution < -0.4 is 14.5 Å². The van der Waals surface area contributed by atoms with Crippen molar-refractivity contribution >= 4 is 31.8 Å². The van der Waals surface area contributed by atoms with Gasteiger partial charge in [-0.25, -0.2) is 3.63 Å². The number of ether oxygens (including phenoxy) is 2. The zero-order valence-electron chi connectivity index (χ0n) is 25.3. The Hall–Kier alpha value is -3.50. The molecule has 4 rings (SSSR count). The predicted octanol–water partition coefficient (Wildman–Crippen LogP) is 7.49. The monoisotopic (exact) mass is 608 g/mol. The molecule has 9 heteroatoms. The summed E-state index contributed by atoms with van der Waals surface area (Å²) in [6.45, 7) is 6.20. The molecule has 1 atom stereocenters. The van der Waals surface area contributed by atoms with Crippen molar-refractivity contribution in [1.82, 2.24) is 0 Å². The zero-order chi connectivity index (χ0) is 30.5. The summed E-state index contributed by atoms with van der Waals surface area (Å²) >= 11 is 0. The molecule has 224 valence electrons. The third-order valence-electron chi connectivity index (χ3n) is 6.69. The van der Waals surface area contributed by atoms with Gasteiger partial charge in [-0.1, -0.05) is 29.8 Å². The van der Waals surface area contributed by atoms with Crippen LogP contribution in [0.1, 0.15) is 19.4 Å². The van der Waals surface area contributed by atoms with Crippen LogP contribution in [0.5, 0.6) is 5.75 Å². The maximum Gasteiger partial charge on any atom is 0.307 e. The first-order chi connectivity index (χ1) is 20.0. The first kappa shape index (κ1) is 31.4. The summed E-state index contributed by atoms with van der Waals surface area (Å²) in [6, 6.07) is 29.9. The van der Waals surface area contributed by atoms with Crippen LogP contribution >= 0.6 is 10.3 Å². The minimum atomic E-state index is -4.22. The molecule has 0 amide bonds. The molecule has 4 aromatic carbocycles. The first-order valence-corrected chi connectivity index (χ1v) is 16.7. The summed E-state index contributed by atoms with van der Waals surface area (Å²) in [6.07, 6.45) is -0.426. The number of nitrogens with zero attached hydrogens (tertiary/aromatic N) is 2. The lowest BCUT2D eigenvalue weighted by atomic mass is 10.2. The molecule has 0 aliphatic heterocycles. The van der Waals surface area contributed by atoms with E-state index in [4.69, 9.17) is 13.1 Å². The smallest absolute Gasteiger partial charge is 0.307 e. The van der Waals surface area contributed by atoms with E-state index in [-0.39, 0.29) is 4.90 Å². The Morgan fingerprint density at radius 2 is 1.19 bits per heavy atom. The predicted molar refractivity (Wildman–Crippen MR) is 172 cm³/mol. The van der Waals surface area contributed by atoms with Crippen LogP contribution in [-0.4, -0.2) is 49.5 Å². The second kappa shape index (κ2) is 13.2. The first-order valence-electron chi connectivity index (χ1n) is 13.8. The van der Waals surface area contributed by atoms with E-state index in [1.165, 1.54) is 0 Å². The van der Waals surface area contributed by atoms with Crippen molar-refractivity contribution in [1.29, 1.82) is 0 Å². The molecule has 4 aromatic rings. The molecule has 1 unspecified atom stereocenters. The molecule has 7 nitrogen and oxygen atoms in total. The van der Waals surface area contributed by atoms with Crippen molar-refractivity contribution in [2.75, 3.05) is 44.6 Å². The van der Waals surface area contributed by atoms with Gasteiger partial charge in [0.05, 0.1) is 4.90 Å². The van der Waals surface area contributed by atoms with Gasteiger partial charge in [-0.2, -0.15) is 8.42 Å². The summed E-state index contributed by atoms with van der Waals surface area (Å²) in [5, 5.41) is 0. The van der Waals surface area contributed by atoms with Gasteiger partial charge in [0.25, 0.3) is 0 Å². The van der Waals surface area contributed by atoms with E-state index in [0.29, 0.717) is 17.3 Å². The second-order valence-electron chi connectivity index (χ2n) is 10.3. The average molecular weight is 609 g/mol. The van der Waals surface area contributed by atoms with E-state index in [9.17, 15) is 8.42 Å². The Morgan fingerprint density at radius 3 is 1.67 bits per heavy atom. The summed E-state index contributed by atoms with van der Waals surface area (Å²) in [7, 11) is 0.759. The molecule has 0 spiro atoms. The molecular weight excluding hydrogens is 569 g/mol. The molecule has 0 saturated heterocycles. The zero-order valence-corrected chi connectivity index (χ0v) is 26.9. The third-order valence-corrected chi connectivity index (χ3v) is 11.8. The van der Waals surface area contributed by atoms with Crippen LogP contribution in [0, 0.1) is 6.92 Å². The minimum absolute atomic E-state index is 0.1000. The van der Waals surface area contributed by atoms with Crippen molar-refractivity contribution in [3.63, 3.8) is 0 Å². The van der Waals surface area contributed by atoms with E-state index < -0.39 is 26.7 Å². The molecule has 0 heterocycles. The Bertz CT molecular complexity index is 1540. The highest BCUT2D eigenvalue weighted by Gasteiger charge is 2.39. The highest BCUT2D eigenvalue weighted by Crippen LogP contribution is 2.71. The highest BCUT2D eigenvalue weighted by atomic mass is 32.3. The lowest BCUT2D eigenvalue weighted by Gasteiger charge is -2.40. The number of hydrogen-bond acceptors (Lipinski definition) is 7. The van der Waals surface area contributed by atoms with Gasteiger partial charge in [0.1, 0.15) is 5.75 Å². The van der Waals surface area contributed by atoms with Crippen LogP contribution in [0.15, 0.2) is 117 Å². The summed E-state index contributed by atoms with van der Waals surface area (Å²) in [5.41, 5.74) is 2.81. The van der Waals surface area contributed by atoms with Crippen molar-refractivity contribution in [2.45, 2.75) is 46.6 Å². The number of benzene rings is 4. The Morgan fingerprint density at radius 1 is 0.690 bits per heavy atom. The maximum absolute atomic E-state index is 14.1. The van der Waals surface area contributed by atoms with Crippen LogP contribution in [-0.2, 0) is 18.5 Å². The van der Waals surface area contributed by atoms with Gasteiger partial charge in [-0.05, 0) is 104 Å². The van der Waals surface area contributed by atoms with E-state index >= 15 is 0 Å². The molecule has 0 radical (unpaired) electrons. The van der Waals surface area contributed by atoms with Gasteiger partial charge in [0.2, 0.25) is 0 Å². The Kier molecular flexibility index (Phi) is 9.89. The molecule has 0 saturated carbocycles. The van der Waals surface area contributed by atoms with Gasteiger partial charge in [-0.3, -0.25) is 0 Å². The standard InChI is InChI=1S/C33H40N2O5S2/c1-8-38-26(3)39-29-17-21-30(22-18-29)41(32-13-9-11-27(23-32)34(4)5,33-14-10-12-28(24-33)35(6)7)40-42(36,37)31-19-15-25(2)16-20-31/h9-24,26H,8H2,1-7H3. The highest BCUT2D eigenvalue weighted by molar-refractivity contribution is 8.33. The van der Waals surface area contributed by atoms with Crippen molar-refractivity contribution in [3.05, 3.63) is 103 Å². The minimum Gasteiger partial charge on any atom is -0.465 e. The Labute approximate surface area is 252 Å². The fraction of sp³-hybridized carbons (Fsp3) is 0.273. The fourth-order valence-electron chi connectivity index (χ4n) is 4.46. The maximum atomic E-state index is 14.1. The van der Waals surface area contributed by atoms with Gasteiger partial charge >= 0.3 is 10.1 Å². The number of anilines is 2. The molecular formula is C33H40N2O5S2. The number of aryl methyl sites for hydroxylation is 1. The normalized spacial score (nSPS) is 12.9. The number of rotatable bonds is 12. The van der Waals surface area contributed by atoms with E-state index in [1.54, 1.807) is 24.3 Å². The molecule has 0 aromatic heterocycles. The average Bonchev–Trinajstić information content (AvgIpc) is 2.97. The molecule has 0 bridgehead atoms. The molecule has 42 heavy (non-hydrogen) atoms. The topological polar surface area (TPSA) is 68.3 Å². The van der Waals surface area contributed by atoms with Gasteiger partial charge in [0, 0.05) is 60.9 Å². The summed E-state index contributed by atoms with van der Waals surface area (Å²) in [5.74, 6) is 0.610. The number of hydrogen-bond donors (Lipinski definition) is 0. The molecule has 0 N–H and O–H groups in total. The largest absolute Gasteiger partial charge is 0.465 e. The fourth-order valence-corrected chi connectivity index (χ4v) is 9.71. The molecule has 0 aliphatic rings. The quantitative estimate of drug-likeness (QED) is 0.154. The van der Waals surface area contributed by atoms with Gasteiger partial charge in [0.15, 0.2) is 6.29 Å². The molecule has 0 fully saturated rings. The lowest BCUT2D eigenvalue weighted by Crippen LogP contribution is -2.17. The van der Waals surface area contributed by atoms with Gasteiger partial charge < -0.3 is 19.3 Å². The van der Waals surface area contributed by atoms with Crippen LogP contribution in [0.2, 0.25) is 0 Å². The summed E-state index contributed by atoms with van der Waals surface area (Å²) < 4.78 is 46.3. The van der Waals surface area contributed by atoms with Crippen molar-refractivity contribution in [3.8, 4) is 5.75 Å². The second-order valence-corrected chi connectivity index (χ2v) is 14.7. The van der Waals surface area contributed by atoms with E-state index in [0.717, 1.165) is 26.7 Å². The summed E-state index contributed by atoms with van der Waals surface area (Å²) in [4.78, 5) is 6.28. The van der Waals surface area contributed by atoms with E-state index in [1.807, 2.05) is 132 Å². The van der Waals surface area contributed by atoms with E-state index in [2.05, 4.69) is 0 Å².